The van der Waals surface area contributed by atoms with Gasteiger partial charge in [0.15, 0.2) is 5.82 Å². The first-order valence-corrected chi connectivity index (χ1v) is 13.3. The first kappa shape index (κ1) is 25.4. The van der Waals surface area contributed by atoms with Crippen LogP contribution in [0.25, 0.3) is 0 Å². The quantitative estimate of drug-likeness (QED) is 0.587. The summed E-state index contributed by atoms with van der Waals surface area (Å²) < 4.78 is 5.03. The van der Waals surface area contributed by atoms with Crippen LogP contribution in [0, 0.1) is 5.92 Å². The zero-order valence-electron chi connectivity index (χ0n) is 22.2. The van der Waals surface area contributed by atoms with Crippen LogP contribution in [-0.4, -0.2) is 83.0 Å². The maximum absolute atomic E-state index is 13.7. The van der Waals surface area contributed by atoms with Crippen LogP contribution in [-0.2, 0) is 10.3 Å². The van der Waals surface area contributed by atoms with Crippen molar-refractivity contribution < 1.29 is 14.3 Å². The molecule has 2 aliphatic carbocycles. The highest BCUT2D eigenvalue weighted by molar-refractivity contribution is 5.94. The number of hydrogen-bond donors (Lipinski definition) is 1. The average Bonchev–Trinajstić information content (AvgIpc) is 3.12. The Balaban J connectivity index is 1.32. The van der Waals surface area contributed by atoms with Crippen LogP contribution in [0.2, 0.25) is 0 Å². The summed E-state index contributed by atoms with van der Waals surface area (Å²) in [7, 11) is 5.84. The average molecular weight is 507 g/mol. The number of benzene rings is 1. The molecule has 0 radical (unpaired) electrons. The van der Waals surface area contributed by atoms with Gasteiger partial charge < -0.3 is 19.9 Å². The maximum atomic E-state index is 13.7. The van der Waals surface area contributed by atoms with E-state index < -0.39 is 0 Å². The van der Waals surface area contributed by atoms with Gasteiger partial charge in [0, 0.05) is 18.6 Å². The molecule has 1 saturated heterocycles. The highest BCUT2D eigenvalue weighted by Crippen LogP contribution is 2.49. The molecule has 3 fully saturated rings. The van der Waals surface area contributed by atoms with E-state index >= 15 is 0 Å². The first-order valence-electron chi connectivity index (χ1n) is 13.3. The smallest absolute Gasteiger partial charge is 0.321 e. The van der Waals surface area contributed by atoms with Crippen molar-refractivity contribution in [1.82, 2.24) is 24.7 Å². The number of carbonyl (C=O) groups is 2. The van der Waals surface area contributed by atoms with Gasteiger partial charge in [0.25, 0.3) is 0 Å². The molecule has 0 bridgehead atoms. The van der Waals surface area contributed by atoms with E-state index in [0.29, 0.717) is 24.2 Å². The van der Waals surface area contributed by atoms with E-state index in [0.717, 1.165) is 32.2 Å². The third-order valence-electron chi connectivity index (χ3n) is 8.84. The fraction of sp³-hybridized carbons (Fsp3) is 0.571. The van der Waals surface area contributed by atoms with Gasteiger partial charge in [-0.1, -0.05) is 36.8 Å². The van der Waals surface area contributed by atoms with Crippen LogP contribution in [0.15, 0.2) is 42.7 Å². The lowest BCUT2D eigenvalue weighted by molar-refractivity contribution is -0.116. The predicted octanol–water partition coefficient (Wildman–Crippen LogP) is 3.73. The number of hydrogen-bond acceptors (Lipinski definition) is 6. The zero-order valence-corrected chi connectivity index (χ0v) is 22.2. The molecule has 2 heterocycles. The van der Waals surface area contributed by atoms with Crippen LogP contribution in [0.3, 0.4) is 0 Å². The Kier molecular flexibility index (Phi) is 7.07. The Morgan fingerprint density at radius 1 is 1.11 bits per heavy atom. The van der Waals surface area contributed by atoms with Crippen molar-refractivity contribution in [2.75, 3.05) is 46.2 Å². The molecule has 198 valence electrons. The molecule has 1 aliphatic heterocycles. The molecule has 0 unspecified atom stereocenters. The molecule has 5 rings (SSSR count). The van der Waals surface area contributed by atoms with Crippen LogP contribution in [0.4, 0.5) is 10.6 Å². The zero-order chi connectivity index (χ0) is 26.0. The number of aromatic nitrogens is 2. The fourth-order valence-electron chi connectivity index (χ4n) is 6.35. The van der Waals surface area contributed by atoms with Gasteiger partial charge in [-0.25, -0.2) is 14.8 Å². The van der Waals surface area contributed by atoms with Gasteiger partial charge in [0.2, 0.25) is 11.8 Å². The molecule has 2 aromatic rings. The van der Waals surface area contributed by atoms with Crippen LogP contribution in [0.1, 0.15) is 50.5 Å². The minimum Gasteiger partial charge on any atom is -0.480 e. The summed E-state index contributed by atoms with van der Waals surface area (Å²) in [6.07, 6.45) is 10.3. The number of nitrogens with one attached hydrogen (secondary N) is 1. The van der Waals surface area contributed by atoms with Gasteiger partial charge in [-0.15, -0.1) is 0 Å². The predicted molar refractivity (Wildman–Crippen MR) is 141 cm³/mol. The first-order chi connectivity index (χ1) is 17.8. The van der Waals surface area contributed by atoms with Gasteiger partial charge in [-0.2, -0.15) is 0 Å². The van der Waals surface area contributed by atoms with Gasteiger partial charge in [0.05, 0.1) is 25.0 Å². The number of nitrogens with zero attached hydrogens (tertiary/aromatic N) is 5. The Hall–Kier alpha value is -3.20. The van der Waals surface area contributed by atoms with Crippen molar-refractivity contribution in [3.8, 4) is 5.88 Å². The van der Waals surface area contributed by atoms with Crippen LogP contribution < -0.4 is 10.1 Å². The molecule has 1 spiro atoms. The number of ether oxygens (including phenoxy) is 1. The fourth-order valence-corrected chi connectivity index (χ4v) is 6.35. The number of methoxy groups -OCH3 is 1. The summed E-state index contributed by atoms with van der Waals surface area (Å²) in [6.45, 7) is 1.38. The Morgan fingerprint density at radius 3 is 2.41 bits per heavy atom. The summed E-state index contributed by atoms with van der Waals surface area (Å²) in [5.74, 6) is 1.02. The summed E-state index contributed by atoms with van der Waals surface area (Å²) >= 11 is 0. The topological polar surface area (TPSA) is 90.9 Å². The van der Waals surface area contributed by atoms with E-state index in [1.165, 1.54) is 44.3 Å². The highest BCUT2D eigenvalue weighted by Gasteiger charge is 2.55. The van der Waals surface area contributed by atoms with E-state index in [1.54, 1.807) is 4.90 Å². The molecule has 3 amide bonds. The number of urea groups is 1. The van der Waals surface area contributed by atoms with Crippen molar-refractivity contribution in [2.45, 2.75) is 56.0 Å². The Labute approximate surface area is 219 Å². The monoisotopic (exact) mass is 506 g/mol. The standard InChI is InChI=1S/C28H38N6O3/c1-32(2)28(22-10-5-4-6-11-22)14-12-27(13-15-28)20-33(26(36)34(27)18-21-8-7-9-21)19-24(35)31-23-16-30-25(37-3)17-29-23/h4-6,10-11,16-17,21H,7-9,12-15,18-20H2,1-3H3,(H,29,31,35). The third-order valence-corrected chi connectivity index (χ3v) is 8.84. The van der Waals surface area contributed by atoms with Gasteiger partial charge in [-0.3, -0.25) is 9.69 Å². The van der Waals surface area contributed by atoms with Gasteiger partial charge in [-0.05, 0) is 64.1 Å². The number of rotatable bonds is 8. The molecule has 1 aromatic heterocycles. The van der Waals surface area contributed by atoms with E-state index in [4.69, 9.17) is 4.74 Å². The van der Waals surface area contributed by atoms with Crippen molar-refractivity contribution in [3.05, 3.63) is 48.3 Å². The normalized spacial score (nSPS) is 26.0. The van der Waals surface area contributed by atoms with E-state index in [2.05, 4.69) is 69.5 Å². The van der Waals surface area contributed by atoms with E-state index in [-0.39, 0.29) is 29.6 Å². The summed E-state index contributed by atoms with van der Waals surface area (Å²) in [6, 6.07) is 10.7. The van der Waals surface area contributed by atoms with Crippen molar-refractivity contribution in [3.63, 3.8) is 0 Å². The molecule has 3 aliphatic rings. The minimum atomic E-state index is -0.267. The number of carbonyl (C=O) groups excluding carboxylic acids is 2. The second kappa shape index (κ2) is 10.3. The molecule has 1 N–H and O–H groups in total. The summed E-state index contributed by atoms with van der Waals surface area (Å²) in [5.41, 5.74) is 1.05. The molecule has 9 heteroatoms. The van der Waals surface area contributed by atoms with Crippen molar-refractivity contribution >= 4 is 17.8 Å². The lowest BCUT2D eigenvalue weighted by Gasteiger charge is -2.51. The van der Waals surface area contributed by atoms with Gasteiger partial charge in [0.1, 0.15) is 6.54 Å². The van der Waals surface area contributed by atoms with E-state index in [1.807, 2.05) is 0 Å². The maximum Gasteiger partial charge on any atom is 0.321 e. The molecule has 2 saturated carbocycles. The Morgan fingerprint density at radius 2 is 1.84 bits per heavy atom. The number of anilines is 1. The van der Waals surface area contributed by atoms with Crippen LogP contribution >= 0.6 is 0 Å². The molecule has 1 aromatic carbocycles. The van der Waals surface area contributed by atoms with Gasteiger partial charge >= 0.3 is 6.03 Å². The molecule has 37 heavy (non-hydrogen) atoms. The summed E-state index contributed by atoms with van der Waals surface area (Å²) in [5, 5.41) is 2.77. The second-order valence-corrected chi connectivity index (χ2v) is 11.1. The molecular formula is C28H38N6O3. The minimum absolute atomic E-state index is 0.00691. The molecule has 9 nitrogen and oxygen atoms in total. The molecule has 0 atom stereocenters. The lowest BCUT2D eigenvalue weighted by atomic mass is 9.68. The third kappa shape index (κ3) is 4.89. The largest absolute Gasteiger partial charge is 0.480 e. The SMILES string of the molecule is COc1cnc(NC(=O)CN2CC3(CCC(c4ccccc4)(N(C)C)CC3)N(CC3CCC3)C2=O)cn1. The van der Waals surface area contributed by atoms with Crippen LogP contribution in [0.5, 0.6) is 5.88 Å². The molecular weight excluding hydrogens is 468 g/mol. The van der Waals surface area contributed by atoms with E-state index in [9.17, 15) is 9.59 Å². The summed E-state index contributed by atoms with van der Waals surface area (Å²) in [4.78, 5) is 41.1. The van der Waals surface area contributed by atoms with Crippen molar-refractivity contribution in [1.29, 1.82) is 0 Å². The highest BCUT2D eigenvalue weighted by atomic mass is 16.5. The second-order valence-electron chi connectivity index (χ2n) is 11.1. The lowest BCUT2D eigenvalue weighted by Crippen LogP contribution is -2.56. The number of amides is 3. The van der Waals surface area contributed by atoms with Crippen molar-refractivity contribution in [2.24, 2.45) is 5.92 Å². The Bertz CT molecular complexity index is 1090.